The van der Waals surface area contributed by atoms with Gasteiger partial charge in [-0.15, -0.1) is 11.6 Å². The van der Waals surface area contributed by atoms with Crippen LogP contribution in [0.1, 0.15) is 20.3 Å². The lowest BCUT2D eigenvalue weighted by atomic mass is 10.2. The van der Waals surface area contributed by atoms with Gasteiger partial charge < -0.3 is 14.8 Å². The molecule has 1 aromatic rings. The van der Waals surface area contributed by atoms with Gasteiger partial charge >= 0.3 is 0 Å². The lowest BCUT2D eigenvalue weighted by molar-refractivity contribution is 0.304. The van der Waals surface area contributed by atoms with Gasteiger partial charge in [-0.25, -0.2) is 0 Å². The maximum absolute atomic E-state index is 5.93. The van der Waals surface area contributed by atoms with Crippen LogP contribution >= 0.6 is 11.6 Å². The Kier molecular flexibility index (Phi) is 6.91. The van der Waals surface area contributed by atoms with E-state index < -0.39 is 0 Å². The van der Waals surface area contributed by atoms with Crippen LogP contribution in [0, 0.1) is 0 Å². The van der Waals surface area contributed by atoms with Crippen LogP contribution in [0.5, 0.6) is 11.5 Å². The Labute approximate surface area is 114 Å². The van der Waals surface area contributed by atoms with Crippen LogP contribution in [-0.4, -0.2) is 31.7 Å². The maximum Gasteiger partial charge on any atom is 0.119 e. The zero-order valence-corrected chi connectivity index (χ0v) is 12.0. The molecule has 0 aromatic heterocycles. The summed E-state index contributed by atoms with van der Waals surface area (Å²) in [6.45, 7) is 5.60. The summed E-state index contributed by atoms with van der Waals surface area (Å²) in [4.78, 5) is 0. The van der Waals surface area contributed by atoms with Crippen molar-refractivity contribution in [3.8, 4) is 11.5 Å². The molecule has 0 heterocycles. The smallest absolute Gasteiger partial charge is 0.119 e. The van der Waals surface area contributed by atoms with Crippen molar-refractivity contribution in [2.75, 3.05) is 20.3 Å². The second kappa shape index (κ2) is 8.22. The average molecular weight is 272 g/mol. The van der Waals surface area contributed by atoms with Gasteiger partial charge in [0.15, 0.2) is 0 Å². The summed E-state index contributed by atoms with van der Waals surface area (Å²) >= 11 is 5.93. The summed E-state index contributed by atoms with van der Waals surface area (Å²) < 4.78 is 10.7. The van der Waals surface area contributed by atoms with E-state index in [2.05, 4.69) is 12.2 Å². The highest BCUT2D eigenvalue weighted by atomic mass is 35.5. The quantitative estimate of drug-likeness (QED) is 0.582. The standard InChI is InChI=1S/C14H22ClNO2/c1-11(15)10-12(2)16-8-9-18-14-6-4-13(17-3)5-7-14/h4-7,11-12,16H,8-10H2,1-3H3. The highest BCUT2D eigenvalue weighted by Crippen LogP contribution is 2.16. The van der Waals surface area contributed by atoms with Crippen molar-refractivity contribution in [2.45, 2.75) is 31.7 Å². The van der Waals surface area contributed by atoms with E-state index in [0.29, 0.717) is 12.6 Å². The van der Waals surface area contributed by atoms with Crippen molar-refractivity contribution in [3.05, 3.63) is 24.3 Å². The molecule has 2 unspecified atom stereocenters. The minimum absolute atomic E-state index is 0.204. The number of nitrogens with one attached hydrogen (secondary N) is 1. The summed E-state index contributed by atoms with van der Waals surface area (Å²) in [5.41, 5.74) is 0. The van der Waals surface area contributed by atoms with E-state index in [1.165, 1.54) is 0 Å². The molecule has 4 heteroatoms. The molecule has 102 valence electrons. The van der Waals surface area contributed by atoms with Crippen LogP contribution in [0.25, 0.3) is 0 Å². The molecule has 1 N–H and O–H groups in total. The lowest BCUT2D eigenvalue weighted by Gasteiger charge is -2.15. The molecule has 0 aliphatic carbocycles. The van der Waals surface area contributed by atoms with Gasteiger partial charge in [-0.3, -0.25) is 0 Å². The Morgan fingerprint density at radius 1 is 1.17 bits per heavy atom. The Balaban J connectivity index is 2.17. The molecule has 1 aromatic carbocycles. The second-order valence-corrected chi connectivity index (χ2v) is 5.14. The molecule has 1 rings (SSSR count). The van der Waals surface area contributed by atoms with Crippen LogP contribution in [-0.2, 0) is 0 Å². The van der Waals surface area contributed by atoms with Crippen molar-refractivity contribution in [1.82, 2.24) is 5.32 Å². The Morgan fingerprint density at radius 2 is 1.78 bits per heavy atom. The van der Waals surface area contributed by atoms with Gasteiger partial charge in [-0.2, -0.15) is 0 Å². The molecular weight excluding hydrogens is 250 g/mol. The van der Waals surface area contributed by atoms with Gasteiger partial charge in [0.1, 0.15) is 18.1 Å². The summed E-state index contributed by atoms with van der Waals surface area (Å²) in [7, 11) is 1.65. The first kappa shape index (κ1) is 15.1. The van der Waals surface area contributed by atoms with Gasteiger partial charge in [-0.05, 0) is 44.5 Å². The van der Waals surface area contributed by atoms with Gasteiger partial charge in [0.2, 0.25) is 0 Å². The minimum Gasteiger partial charge on any atom is -0.497 e. The number of ether oxygens (including phenoxy) is 2. The minimum atomic E-state index is 0.204. The monoisotopic (exact) mass is 271 g/mol. The number of methoxy groups -OCH3 is 1. The van der Waals surface area contributed by atoms with Gasteiger partial charge in [0.25, 0.3) is 0 Å². The molecule has 18 heavy (non-hydrogen) atoms. The highest BCUT2D eigenvalue weighted by molar-refractivity contribution is 6.20. The zero-order valence-electron chi connectivity index (χ0n) is 11.3. The van der Waals surface area contributed by atoms with E-state index in [4.69, 9.17) is 21.1 Å². The van der Waals surface area contributed by atoms with Gasteiger partial charge in [0, 0.05) is 18.0 Å². The highest BCUT2D eigenvalue weighted by Gasteiger charge is 2.04. The van der Waals surface area contributed by atoms with E-state index in [9.17, 15) is 0 Å². The Hall–Kier alpha value is -0.930. The molecule has 0 amide bonds. The predicted octanol–water partition coefficient (Wildman–Crippen LogP) is 3.07. The van der Waals surface area contributed by atoms with Crippen molar-refractivity contribution in [3.63, 3.8) is 0 Å². The Bertz CT molecular complexity index is 327. The van der Waals surface area contributed by atoms with E-state index in [1.807, 2.05) is 31.2 Å². The summed E-state index contributed by atoms with van der Waals surface area (Å²) in [6, 6.07) is 8.00. The third-order valence-corrected chi connectivity index (χ3v) is 2.78. The zero-order chi connectivity index (χ0) is 13.4. The van der Waals surface area contributed by atoms with E-state index in [0.717, 1.165) is 24.5 Å². The third kappa shape index (κ3) is 6.12. The fourth-order valence-corrected chi connectivity index (χ4v) is 1.98. The second-order valence-electron chi connectivity index (χ2n) is 4.40. The number of hydrogen-bond acceptors (Lipinski definition) is 3. The molecule has 0 saturated heterocycles. The first-order chi connectivity index (χ1) is 8.61. The topological polar surface area (TPSA) is 30.5 Å². The normalized spacial score (nSPS) is 14.0. The molecule has 0 spiro atoms. The number of rotatable bonds is 8. The van der Waals surface area contributed by atoms with Crippen LogP contribution in [0.15, 0.2) is 24.3 Å². The first-order valence-electron chi connectivity index (χ1n) is 6.26. The lowest BCUT2D eigenvalue weighted by Crippen LogP contribution is -2.31. The molecule has 3 nitrogen and oxygen atoms in total. The van der Waals surface area contributed by atoms with Gasteiger partial charge in [0.05, 0.1) is 7.11 Å². The fraction of sp³-hybridized carbons (Fsp3) is 0.571. The van der Waals surface area contributed by atoms with Crippen LogP contribution in [0.2, 0.25) is 0 Å². The van der Waals surface area contributed by atoms with E-state index >= 15 is 0 Å². The predicted molar refractivity (Wildman–Crippen MR) is 75.9 cm³/mol. The molecule has 2 atom stereocenters. The first-order valence-corrected chi connectivity index (χ1v) is 6.69. The molecular formula is C14H22ClNO2. The number of alkyl halides is 1. The molecule has 0 bridgehead atoms. The molecule has 0 radical (unpaired) electrons. The number of hydrogen-bond donors (Lipinski definition) is 1. The van der Waals surface area contributed by atoms with Crippen molar-refractivity contribution in [2.24, 2.45) is 0 Å². The number of benzene rings is 1. The van der Waals surface area contributed by atoms with Crippen LogP contribution in [0.3, 0.4) is 0 Å². The van der Waals surface area contributed by atoms with Crippen molar-refractivity contribution in [1.29, 1.82) is 0 Å². The number of halogens is 1. The summed E-state index contributed by atoms with van der Waals surface area (Å²) in [6.07, 6.45) is 0.962. The van der Waals surface area contributed by atoms with E-state index in [-0.39, 0.29) is 5.38 Å². The molecule has 0 aliphatic heterocycles. The third-order valence-electron chi connectivity index (χ3n) is 2.60. The fourth-order valence-electron chi connectivity index (χ4n) is 1.72. The van der Waals surface area contributed by atoms with E-state index in [1.54, 1.807) is 7.11 Å². The van der Waals surface area contributed by atoms with Crippen LogP contribution < -0.4 is 14.8 Å². The Morgan fingerprint density at radius 3 is 2.33 bits per heavy atom. The largest absolute Gasteiger partial charge is 0.497 e. The SMILES string of the molecule is COc1ccc(OCCNC(C)CC(C)Cl)cc1. The van der Waals surface area contributed by atoms with Crippen LogP contribution in [0.4, 0.5) is 0 Å². The van der Waals surface area contributed by atoms with Crippen molar-refractivity contribution < 1.29 is 9.47 Å². The van der Waals surface area contributed by atoms with Gasteiger partial charge in [-0.1, -0.05) is 0 Å². The average Bonchev–Trinajstić information content (AvgIpc) is 2.34. The maximum atomic E-state index is 5.93. The summed E-state index contributed by atoms with van der Waals surface area (Å²) in [5.74, 6) is 1.70. The molecule has 0 fully saturated rings. The molecule has 0 saturated carbocycles. The van der Waals surface area contributed by atoms with Crippen molar-refractivity contribution >= 4 is 11.6 Å². The summed E-state index contributed by atoms with van der Waals surface area (Å²) in [5, 5.41) is 3.58. The molecule has 0 aliphatic rings.